The van der Waals surface area contributed by atoms with Gasteiger partial charge in [0.2, 0.25) is 34.1 Å². The summed E-state index contributed by atoms with van der Waals surface area (Å²) in [5.41, 5.74) is 13.9. The summed E-state index contributed by atoms with van der Waals surface area (Å²) in [4.78, 5) is 65.3. The predicted molar refractivity (Wildman–Crippen MR) is 348 cm³/mol. The van der Waals surface area contributed by atoms with Crippen LogP contribution in [0.4, 0.5) is 11.4 Å². The first-order valence-corrected chi connectivity index (χ1v) is 29.5. The Balaban J connectivity index is 0.000000200. The molecule has 494 valence electrons. The number of carbonyl (C=O) groups is 2. The molecule has 6 aromatic carbocycles. The third-order valence-electron chi connectivity index (χ3n) is 16.0. The molecule has 0 radical (unpaired) electrons. The summed E-state index contributed by atoms with van der Waals surface area (Å²) in [7, 11) is 17.8. The van der Waals surface area contributed by atoms with Crippen molar-refractivity contribution >= 4 is 23.3 Å². The molecule has 0 saturated carbocycles. The van der Waals surface area contributed by atoms with Crippen LogP contribution in [0.25, 0.3) is 22.3 Å². The van der Waals surface area contributed by atoms with Crippen molar-refractivity contribution in [2.45, 2.75) is 63.8 Å². The van der Waals surface area contributed by atoms with Gasteiger partial charge in [-0.2, -0.15) is 0 Å². The van der Waals surface area contributed by atoms with E-state index < -0.39 is 23.1 Å². The maximum atomic E-state index is 13.4. The number of phenols is 1. The number of benzene rings is 4. The van der Waals surface area contributed by atoms with Crippen molar-refractivity contribution < 1.29 is 76.8 Å². The molecule has 3 aliphatic rings. The quantitative estimate of drug-likeness (QED) is 0.0195. The van der Waals surface area contributed by atoms with Crippen molar-refractivity contribution in [3.63, 3.8) is 0 Å². The number of non-ortho nitro benzene ring substituents is 1. The fraction of sp³-hybridized carbons (Fsp3) is 0.362. The fourth-order valence-corrected chi connectivity index (χ4v) is 11.7. The lowest BCUT2D eigenvalue weighted by Crippen LogP contribution is -2.33. The van der Waals surface area contributed by atoms with Crippen LogP contribution < -0.4 is 64.7 Å². The Morgan fingerprint density at radius 2 is 1.31 bits per heavy atom. The van der Waals surface area contributed by atoms with Gasteiger partial charge in [-0.15, -0.1) is 0 Å². The number of ether oxygens (including phenoxy) is 11. The molecule has 9 rings (SSSR count). The van der Waals surface area contributed by atoms with Crippen LogP contribution in [0.3, 0.4) is 0 Å². The van der Waals surface area contributed by atoms with Gasteiger partial charge in [0.25, 0.3) is 5.69 Å². The number of rotatable bonds is 19. The monoisotopic (exact) mass is 1280 g/mol. The van der Waals surface area contributed by atoms with Crippen molar-refractivity contribution in [1.29, 1.82) is 0 Å². The number of nitrogens with one attached hydrogen (secondary N) is 1. The molecule has 0 fully saturated rings. The predicted octanol–water partition coefficient (Wildman–Crippen LogP) is 8.14. The van der Waals surface area contributed by atoms with E-state index in [9.17, 15) is 34.4 Å². The Hall–Kier alpha value is -10.1. The average molecular weight is 1280 g/mol. The number of nitrogens with zero attached hydrogens (tertiary/aromatic N) is 3. The lowest BCUT2D eigenvalue weighted by atomic mass is 9.83. The van der Waals surface area contributed by atoms with Crippen LogP contribution in [0.1, 0.15) is 78.1 Å². The van der Waals surface area contributed by atoms with Crippen LogP contribution in [-0.2, 0) is 36.6 Å². The summed E-state index contributed by atoms with van der Waals surface area (Å²) in [6.07, 6.45) is 2.23. The number of phenolic OH excluding ortho intramolecular Hbond substituents is 1. The zero-order valence-electron chi connectivity index (χ0n) is 54.4. The van der Waals surface area contributed by atoms with Gasteiger partial charge in [-0.25, -0.2) is 4.79 Å². The number of aromatic hydroxyl groups is 1. The standard InChI is InChI=1S/C26H34N2O7.C25H29NO6.C18H16N2O6/c1-15(29)27-19-10-8-16-12-22(31-3)25(34-6)26(35-7)24(16)17-9-11-20(21(30)13-18(17)19)28(2)14-23(32-4)33-5;1-26(12-6-7-13-27)19-10-8-16-14-22(30-3)24(31-4)25(32-5)23(16)17-9-11-21(29-2)20(28)15-18(17)19;1-2-25-18(22)16-15(10-4-3-5-11(8-10)20(23)24)13-7-6-12(21)9-14(13)26-17(16)19/h9,11-13,19,23H,8,10,14H2,1-7H3,(H,27,29);9,11,14-15,19,27H,8,10,12-13H2,1-5H3;3-9,15,21H,2,19H2,1H3. The van der Waals surface area contributed by atoms with E-state index in [2.05, 4.69) is 22.1 Å². The van der Waals surface area contributed by atoms with Gasteiger partial charge in [-0.05, 0) is 121 Å². The number of nitro groups is 1. The summed E-state index contributed by atoms with van der Waals surface area (Å²) >= 11 is 0. The van der Waals surface area contributed by atoms with Crippen molar-refractivity contribution in [2.75, 3.05) is 109 Å². The molecule has 6 aromatic rings. The minimum Gasteiger partial charge on any atom is -0.508 e. The number of amides is 1. The first-order chi connectivity index (χ1) is 44.7. The molecule has 5 N–H and O–H groups in total. The molecule has 0 saturated heterocycles. The first-order valence-electron chi connectivity index (χ1n) is 29.5. The van der Waals surface area contributed by atoms with Gasteiger partial charge in [0, 0.05) is 69.1 Å². The minimum atomic E-state index is -0.724. The van der Waals surface area contributed by atoms with E-state index in [4.69, 9.17) is 62.9 Å². The van der Waals surface area contributed by atoms with Gasteiger partial charge in [-0.3, -0.25) is 29.4 Å². The number of anilines is 1. The van der Waals surface area contributed by atoms with Crippen molar-refractivity contribution in [3.8, 4) is 85.8 Å². The summed E-state index contributed by atoms with van der Waals surface area (Å²) in [6.45, 7) is 3.90. The van der Waals surface area contributed by atoms with Gasteiger partial charge in [0.1, 0.15) is 23.7 Å². The maximum absolute atomic E-state index is 13.4. The number of hydrogen-bond acceptors (Lipinski definition) is 22. The van der Waals surface area contributed by atoms with E-state index >= 15 is 0 Å². The first kappa shape index (κ1) is 70.4. The molecule has 3 atom stereocenters. The zero-order valence-corrected chi connectivity index (χ0v) is 54.4. The third-order valence-corrected chi connectivity index (χ3v) is 16.0. The molecule has 24 heteroatoms. The lowest BCUT2D eigenvalue weighted by Gasteiger charge is -2.28. The molecule has 3 unspecified atom stereocenters. The number of nitro benzene ring substituents is 1. The Morgan fingerprint density at radius 3 is 1.87 bits per heavy atom. The summed E-state index contributed by atoms with van der Waals surface area (Å²) in [5.74, 6) is 7.61. The number of carbonyl (C=O) groups excluding carboxylic acids is 2. The number of fused-ring (bicyclic) bond motifs is 7. The van der Waals surface area contributed by atoms with Gasteiger partial charge >= 0.3 is 5.97 Å². The molecule has 24 nitrogen and oxygen atoms in total. The maximum Gasteiger partial charge on any atom is 0.340 e. The van der Waals surface area contributed by atoms with Crippen LogP contribution >= 0.6 is 0 Å². The molecule has 1 aliphatic heterocycles. The smallest absolute Gasteiger partial charge is 0.340 e. The van der Waals surface area contributed by atoms with E-state index in [1.165, 1.54) is 44.4 Å². The molecular weight excluding hydrogens is 1200 g/mol. The second-order valence-electron chi connectivity index (χ2n) is 21.4. The number of esters is 1. The number of methoxy groups -OCH3 is 9. The van der Waals surface area contributed by atoms with Gasteiger partial charge in [0.05, 0.1) is 92.0 Å². The normalized spacial score (nSPS) is 14.8. The largest absolute Gasteiger partial charge is 0.508 e. The Kier molecular flexibility index (Phi) is 24.4. The van der Waals surface area contributed by atoms with Crippen LogP contribution in [0.2, 0.25) is 0 Å². The summed E-state index contributed by atoms with van der Waals surface area (Å²) in [6, 6.07) is 24.3. The second-order valence-corrected chi connectivity index (χ2v) is 21.4. The van der Waals surface area contributed by atoms with E-state index in [-0.39, 0.29) is 76.5 Å². The molecule has 0 aromatic heterocycles. The van der Waals surface area contributed by atoms with Crippen LogP contribution in [0.15, 0.2) is 112 Å². The number of aliphatic hydroxyl groups is 1. The zero-order chi connectivity index (χ0) is 67.8. The third kappa shape index (κ3) is 15.6. The average Bonchev–Trinajstić information content (AvgIpc) is 1.77. The van der Waals surface area contributed by atoms with Crippen molar-refractivity contribution in [2.24, 2.45) is 5.73 Å². The molecule has 1 amide bonds. The van der Waals surface area contributed by atoms with Crippen LogP contribution in [0, 0.1) is 22.0 Å². The van der Waals surface area contributed by atoms with E-state index in [0.29, 0.717) is 82.8 Å². The van der Waals surface area contributed by atoms with Crippen molar-refractivity contribution in [3.05, 3.63) is 166 Å². The molecule has 2 aliphatic carbocycles. The molecule has 93 heavy (non-hydrogen) atoms. The highest BCUT2D eigenvalue weighted by molar-refractivity contribution is 5.93. The van der Waals surface area contributed by atoms with Crippen LogP contribution in [0.5, 0.6) is 51.7 Å². The summed E-state index contributed by atoms with van der Waals surface area (Å²) < 4.78 is 60.5. The van der Waals surface area contributed by atoms with Crippen molar-refractivity contribution in [1.82, 2.24) is 10.2 Å². The molecule has 0 bridgehead atoms. The fourth-order valence-electron chi connectivity index (χ4n) is 11.7. The number of hydrogen-bond donors (Lipinski definition) is 4. The topological polar surface area (TPSA) is 298 Å². The highest BCUT2D eigenvalue weighted by Crippen LogP contribution is 2.53. The number of aryl methyl sites for hydroxylation is 2. The number of nitrogens with two attached hydrogens (primary N) is 1. The minimum absolute atomic E-state index is 0.0334. The van der Waals surface area contributed by atoms with Gasteiger partial charge in [-0.1, -0.05) is 42.2 Å². The van der Waals surface area contributed by atoms with Gasteiger partial charge in [0.15, 0.2) is 35.0 Å². The highest BCUT2D eigenvalue weighted by Gasteiger charge is 2.37. The highest BCUT2D eigenvalue weighted by atomic mass is 16.7. The molecule has 0 spiro atoms. The van der Waals surface area contributed by atoms with E-state index in [0.717, 1.165) is 51.8 Å². The van der Waals surface area contributed by atoms with Crippen LogP contribution in [-0.4, -0.2) is 143 Å². The Bertz CT molecular complexity index is 3960. The van der Waals surface area contributed by atoms with E-state index in [1.807, 2.05) is 31.3 Å². The molecule has 1 heterocycles. The number of likely N-dealkylation sites (N-methyl/N-ethyl adjacent to an activating group) is 1. The second kappa shape index (κ2) is 32.3. The molecular formula is C69H79N5O19. The Labute approximate surface area is 539 Å². The number of aliphatic hydroxyl groups excluding tert-OH is 1. The SMILES string of the molecule is CCOC(=O)C1=C(N)Oc2cc(O)ccc2C1c1cccc([N+](=O)[O-])c1.COc1cc2c(c(OC)c1OC)-c1ccc(N(C)CC(OC)OC)c(=O)cc1C(NC(C)=O)CC2.COc1cc2c(c(OC)c1OC)-c1ccc(OC)c(=O)cc1C(N(C)CC#CCO)CC2. The van der Waals surface area contributed by atoms with E-state index in [1.54, 1.807) is 112 Å². The van der Waals surface area contributed by atoms with Gasteiger partial charge < -0.3 is 78.3 Å². The lowest BCUT2D eigenvalue weighted by molar-refractivity contribution is -0.384. The summed E-state index contributed by atoms with van der Waals surface area (Å²) in [5, 5.41) is 32.8. The Morgan fingerprint density at radius 1 is 0.720 bits per heavy atom.